The molecule has 0 fully saturated rings. The van der Waals surface area contributed by atoms with E-state index >= 15 is 0 Å². The first kappa shape index (κ1) is 12.8. The second-order valence-electron chi connectivity index (χ2n) is 4.74. The van der Waals surface area contributed by atoms with Gasteiger partial charge in [-0.1, -0.05) is 30.7 Å². The van der Waals surface area contributed by atoms with Crippen molar-refractivity contribution >= 4 is 0 Å². The lowest BCUT2D eigenvalue weighted by Gasteiger charge is -2.10. The van der Waals surface area contributed by atoms with E-state index in [1.54, 1.807) is 0 Å². The van der Waals surface area contributed by atoms with Crippen molar-refractivity contribution in [3.05, 3.63) is 41.2 Å². The molecule has 1 N–H and O–H groups in total. The Hall–Kier alpha value is -1.61. The van der Waals surface area contributed by atoms with E-state index in [-0.39, 0.29) is 0 Å². The first-order chi connectivity index (χ1) is 8.61. The van der Waals surface area contributed by atoms with Crippen LogP contribution in [0.2, 0.25) is 0 Å². The molecule has 0 saturated carbocycles. The van der Waals surface area contributed by atoms with Crippen LogP contribution in [0.4, 0.5) is 0 Å². The van der Waals surface area contributed by atoms with Gasteiger partial charge in [0.25, 0.3) is 0 Å². The SMILES string of the molecule is CCNCc1ccc(C)cc1-c1cn(C)nc1C. The van der Waals surface area contributed by atoms with Gasteiger partial charge in [0.05, 0.1) is 5.69 Å². The van der Waals surface area contributed by atoms with Gasteiger partial charge in [0.2, 0.25) is 0 Å². The highest BCUT2D eigenvalue weighted by Gasteiger charge is 2.10. The number of aromatic nitrogens is 2. The molecule has 0 radical (unpaired) electrons. The van der Waals surface area contributed by atoms with Gasteiger partial charge in [0.1, 0.15) is 0 Å². The van der Waals surface area contributed by atoms with Crippen LogP contribution >= 0.6 is 0 Å². The fraction of sp³-hybridized carbons (Fsp3) is 0.400. The highest BCUT2D eigenvalue weighted by Crippen LogP contribution is 2.27. The second kappa shape index (κ2) is 5.36. The molecule has 18 heavy (non-hydrogen) atoms. The first-order valence-electron chi connectivity index (χ1n) is 6.42. The number of rotatable bonds is 4. The lowest BCUT2D eigenvalue weighted by atomic mass is 9.98. The maximum atomic E-state index is 4.43. The van der Waals surface area contributed by atoms with Gasteiger partial charge in [-0.05, 0) is 31.5 Å². The van der Waals surface area contributed by atoms with Crippen LogP contribution in [0.25, 0.3) is 11.1 Å². The summed E-state index contributed by atoms with van der Waals surface area (Å²) in [4.78, 5) is 0. The zero-order valence-corrected chi connectivity index (χ0v) is 11.6. The summed E-state index contributed by atoms with van der Waals surface area (Å²) in [7, 11) is 1.97. The fourth-order valence-electron chi connectivity index (χ4n) is 2.22. The van der Waals surface area contributed by atoms with Crippen LogP contribution < -0.4 is 5.32 Å². The maximum Gasteiger partial charge on any atom is 0.0672 e. The topological polar surface area (TPSA) is 29.9 Å². The van der Waals surface area contributed by atoms with E-state index in [1.807, 2.05) is 11.7 Å². The minimum atomic E-state index is 0.903. The summed E-state index contributed by atoms with van der Waals surface area (Å²) in [5, 5.41) is 7.83. The van der Waals surface area contributed by atoms with Gasteiger partial charge in [-0.15, -0.1) is 0 Å². The van der Waals surface area contributed by atoms with E-state index in [4.69, 9.17) is 0 Å². The number of nitrogens with one attached hydrogen (secondary N) is 1. The Kier molecular flexibility index (Phi) is 3.82. The summed E-state index contributed by atoms with van der Waals surface area (Å²) in [5.74, 6) is 0. The molecule has 2 aromatic rings. The zero-order chi connectivity index (χ0) is 13.1. The Balaban J connectivity index is 2.47. The van der Waals surface area contributed by atoms with Gasteiger partial charge < -0.3 is 5.32 Å². The van der Waals surface area contributed by atoms with E-state index in [0.29, 0.717) is 0 Å². The van der Waals surface area contributed by atoms with Gasteiger partial charge in [0, 0.05) is 25.4 Å². The van der Waals surface area contributed by atoms with E-state index < -0.39 is 0 Å². The Morgan fingerprint density at radius 1 is 1.22 bits per heavy atom. The third-order valence-electron chi connectivity index (χ3n) is 3.13. The normalized spacial score (nSPS) is 10.9. The number of benzene rings is 1. The van der Waals surface area contributed by atoms with E-state index in [2.05, 4.69) is 55.6 Å². The minimum absolute atomic E-state index is 0.903. The zero-order valence-electron chi connectivity index (χ0n) is 11.6. The molecule has 1 aromatic carbocycles. The van der Waals surface area contributed by atoms with Crippen LogP contribution in [0.1, 0.15) is 23.7 Å². The maximum absolute atomic E-state index is 4.43. The van der Waals surface area contributed by atoms with Gasteiger partial charge >= 0.3 is 0 Å². The molecule has 1 aromatic heterocycles. The molecule has 0 aliphatic carbocycles. The molecule has 0 amide bonds. The summed E-state index contributed by atoms with van der Waals surface area (Å²) < 4.78 is 1.88. The van der Waals surface area contributed by atoms with Crippen LogP contribution in [-0.2, 0) is 13.6 Å². The third kappa shape index (κ3) is 2.62. The molecule has 0 aliphatic heterocycles. The molecule has 1 heterocycles. The molecule has 3 heteroatoms. The Bertz CT molecular complexity index is 541. The van der Waals surface area contributed by atoms with Crippen molar-refractivity contribution in [3.63, 3.8) is 0 Å². The summed E-state index contributed by atoms with van der Waals surface area (Å²) in [6.07, 6.45) is 2.10. The largest absolute Gasteiger partial charge is 0.313 e. The predicted octanol–water partition coefficient (Wildman–Crippen LogP) is 2.81. The smallest absolute Gasteiger partial charge is 0.0672 e. The highest BCUT2D eigenvalue weighted by molar-refractivity contribution is 5.69. The van der Waals surface area contributed by atoms with Gasteiger partial charge in [-0.3, -0.25) is 4.68 Å². The first-order valence-corrected chi connectivity index (χ1v) is 6.42. The van der Waals surface area contributed by atoms with E-state index in [0.717, 1.165) is 18.8 Å². The average Bonchev–Trinajstić information content (AvgIpc) is 2.67. The molecule has 0 aliphatic rings. The van der Waals surface area contributed by atoms with Crippen LogP contribution in [0.15, 0.2) is 24.4 Å². The summed E-state index contributed by atoms with van der Waals surface area (Å²) in [6.45, 7) is 8.21. The molecule has 0 bridgehead atoms. The van der Waals surface area contributed by atoms with Crippen molar-refractivity contribution in [2.45, 2.75) is 27.3 Å². The minimum Gasteiger partial charge on any atom is -0.313 e. The van der Waals surface area contributed by atoms with Crippen molar-refractivity contribution in [1.29, 1.82) is 0 Å². The van der Waals surface area contributed by atoms with Crippen molar-refractivity contribution in [3.8, 4) is 11.1 Å². The van der Waals surface area contributed by atoms with Crippen LogP contribution in [0.3, 0.4) is 0 Å². The molecule has 0 saturated heterocycles. The number of hydrogen-bond donors (Lipinski definition) is 1. The van der Waals surface area contributed by atoms with Crippen molar-refractivity contribution < 1.29 is 0 Å². The average molecular weight is 243 g/mol. The van der Waals surface area contributed by atoms with E-state index in [9.17, 15) is 0 Å². The lowest BCUT2D eigenvalue weighted by Crippen LogP contribution is -2.12. The molecule has 0 spiro atoms. The van der Waals surface area contributed by atoms with Gasteiger partial charge in [-0.25, -0.2) is 0 Å². The van der Waals surface area contributed by atoms with Gasteiger partial charge in [0.15, 0.2) is 0 Å². The number of nitrogens with zero attached hydrogens (tertiary/aromatic N) is 2. The van der Waals surface area contributed by atoms with Crippen molar-refractivity contribution in [2.75, 3.05) is 6.54 Å². The molecular formula is C15H21N3. The Morgan fingerprint density at radius 2 is 2.00 bits per heavy atom. The Morgan fingerprint density at radius 3 is 2.61 bits per heavy atom. The molecule has 0 unspecified atom stereocenters. The van der Waals surface area contributed by atoms with Crippen LogP contribution in [-0.4, -0.2) is 16.3 Å². The molecule has 2 rings (SSSR count). The van der Waals surface area contributed by atoms with Gasteiger partial charge in [-0.2, -0.15) is 5.10 Å². The van der Waals surface area contributed by atoms with Crippen LogP contribution in [0.5, 0.6) is 0 Å². The number of hydrogen-bond acceptors (Lipinski definition) is 2. The molecular weight excluding hydrogens is 222 g/mol. The van der Waals surface area contributed by atoms with E-state index in [1.165, 1.54) is 22.3 Å². The standard InChI is InChI=1S/C15H21N3/c1-5-16-9-13-7-6-11(2)8-14(13)15-10-18(4)17-12(15)3/h6-8,10,16H,5,9H2,1-4H3. The molecule has 96 valence electrons. The summed E-state index contributed by atoms with van der Waals surface area (Å²) in [5.41, 5.74) is 6.23. The second-order valence-corrected chi connectivity index (χ2v) is 4.74. The number of aryl methyl sites for hydroxylation is 3. The molecule has 0 atom stereocenters. The molecule has 3 nitrogen and oxygen atoms in total. The highest BCUT2D eigenvalue weighted by atomic mass is 15.2. The van der Waals surface area contributed by atoms with Crippen molar-refractivity contribution in [2.24, 2.45) is 7.05 Å². The quantitative estimate of drug-likeness (QED) is 0.895. The van der Waals surface area contributed by atoms with Crippen molar-refractivity contribution in [1.82, 2.24) is 15.1 Å². The fourth-order valence-corrected chi connectivity index (χ4v) is 2.22. The summed E-state index contributed by atoms with van der Waals surface area (Å²) >= 11 is 0. The summed E-state index contributed by atoms with van der Waals surface area (Å²) in [6, 6.07) is 6.62. The third-order valence-corrected chi connectivity index (χ3v) is 3.13. The Labute approximate surface area is 109 Å². The monoisotopic (exact) mass is 243 g/mol. The predicted molar refractivity (Wildman–Crippen MR) is 75.5 cm³/mol. The lowest BCUT2D eigenvalue weighted by molar-refractivity contribution is 0.727. The van der Waals surface area contributed by atoms with Crippen LogP contribution in [0, 0.1) is 13.8 Å².